The van der Waals surface area contributed by atoms with Crippen LogP contribution < -0.4 is 5.32 Å². The Bertz CT molecular complexity index is 701. The second-order valence-electron chi connectivity index (χ2n) is 4.23. The van der Waals surface area contributed by atoms with Crippen molar-refractivity contribution >= 4 is 45.8 Å². The van der Waals surface area contributed by atoms with E-state index in [1.165, 1.54) is 11.4 Å². The summed E-state index contributed by atoms with van der Waals surface area (Å²) in [5.41, 5.74) is 0.122. The van der Waals surface area contributed by atoms with Crippen LogP contribution in [-0.2, 0) is 0 Å². The first-order valence-corrected chi connectivity index (χ1v) is 7.82. The third-order valence-electron chi connectivity index (χ3n) is 2.66. The first-order chi connectivity index (χ1) is 9.88. The topological polar surface area (TPSA) is 99.5 Å². The number of hydrogen-bond acceptors (Lipinski definition) is 5. The van der Waals surface area contributed by atoms with Crippen LogP contribution in [0, 0.1) is 3.57 Å². The quantitative estimate of drug-likeness (QED) is 0.664. The number of nitrogens with one attached hydrogen (secondary N) is 1. The molecule has 1 atom stereocenters. The summed E-state index contributed by atoms with van der Waals surface area (Å²) < 4.78 is 0.825. The average molecular weight is 418 g/mol. The lowest BCUT2D eigenvalue weighted by atomic mass is 10.2. The molecule has 0 aliphatic heterocycles. The van der Waals surface area contributed by atoms with Crippen LogP contribution in [0.25, 0.3) is 0 Å². The Balaban J connectivity index is 2.14. The van der Waals surface area contributed by atoms with E-state index in [0.29, 0.717) is 5.01 Å². The fraction of sp³-hybridized carbons (Fsp3) is 0.154. The predicted octanol–water partition coefficient (Wildman–Crippen LogP) is 2.64. The molecule has 21 heavy (non-hydrogen) atoms. The van der Waals surface area contributed by atoms with E-state index >= 15 is 0 Å². The van der Waals surface area contributed by atoms with Crippen molar-refractivity contribution in [1.29, 1.82) is 0 Å². The summed E-state index contributed by atoms with van der Waals surface area (Å²) >= 11 is 3.20. The van der Waals surface area contributed by atoms with E-state index in [1.807, 2.05) is 22.6 Å². The Labute approximate surface area is 138 Å². The summed E-state index contributed by atoms with van der Waals surface area (Å²) in [6.45, 7) is 1.70. The number of nitrogens with zero attached hydrogens (tertiary/aromatic N) is 1. The van der Waals surface area contributed by atoms with Gasteiger partial charge in [0.25, 0.3) is 5.91 Å². The number of halogens is 1. The monoisotopic (exact) mass is 418 g/mol. The number of carboxylic acid groups (broad SMARTS) is 1. The second kappa shape index (κ2) is 6.39. The first kappa shape index (κ1) is 15.7. The zero-order valence-corrected chi connectivity index (χ0v) is 13.8. The smallest absolute Gasteiger partial charge is 0.355 e. The maximum absolute atomic E-state index is 12.1. The van der Waals surface area contributed by atoms with Crippen molar-refractivity contribution in [1.82, 2.24) is 10.3 Å². The zero-order valence-electron chi connectivity index (χ0n) is 10.8. The molecule has 0 spiro atoms. The first-order valence-electron chi connectivity index (χ1n) is 5.86. The fourth-order valence-electron chi connectivity index (χ4n) is 1.61. The molecule has 3 N–H and O–H groups in total. The number of aromatic hydroxyl groups is 1. The summed E-state index contributed by atoms with van der Waals surface area (Å²) in [5.74, 6) is -1.65. The normalized spacial score (nSPS) is 11.9. The van der Waals surface area contributed by atoms with Crippen LogP contribution in [0.3, 0.4) is 0 Å². The molecule has 0 bridgehead atoms. The second-order valence-corrected chi connectivity index (χ2v) is 6.37. The van der Waals surface area contributed by atoms with E-state index in [2.05, 4.69) is 10.3 Å². The van der Waals surface area contributed by atoms with Gasteiger partial charge in [0.05, 0.1) is 11.6 Å². The van der Waals surface area contributed by atoms with Gasteiger partial charge in [-0.15, -0.1) is 11.3 Å². The van der Waals surface area contributed by atoms with Crippen LogP contribution >= 0.6 is 33.9 Å². The van der Waals surface area contributed by atoms with Crippen molar-refractivity contribution in [2.45, 2.75) is 13.0 Å². The standard InChI is InChI=1S/C13H11IN2O4S/c1-6(12-16-9(5-21-12)13(19)20)15-11(18)8-4-7(14)2-3-10(8)17/h2-6,17H,1H3,(H,15,18)(H,19,20). The van der Waals surface area contributed by atoms with Gasteiger partial charge < -0.3 is 15.5 Å². The molecule has 0 aliphatic rings. The van der Waals surface area contributed by atoms with Crippen molar-refractivity contribution < 1.29 is 19.8 Å². The third-order valence-corrected chi connectivity index (χ3v) is 4.36. The van der Waals surface area contributed by atoms with E-state index in [9.17, 15) is 14.7 Å². The van der Waals surface area contributed by atoms with Crippen molar-refractivity contribution in [2.75, 3.05) is 0 Å². The number of thiazole rings is 1. The maximum atomic E-state index is 12.1. The van der Waals surface area contributed by atoms with E-state index in [0.717, 1.165) is 14.9 Å². The Morgan fingerprint density at radius 1 is 1.43 bits per heavy atom. The molecular weight excluding hydrogens is 407 g/mol. The molecule has 1 aromatic heterocycles. The van der Waals surface area contributed by atoms with Crippen LogP contribution in [-0.4, -0.2) is 27.1 Å². The summed E-state index contributed by atoms with van der Waals surface area (Å²) in [6, 6.07) is 4.26. The molecule has 1 amide bonds. The molecule has 2 aromatic rings. The van der Waals surface area contributed by atoms with E-state index in [1.54, 1.807) is 19.1 Å². The lowest BCUT2D eigenvalue weighted by molar-refractivity contribution is 0.0691. The molecule has 8 heteroatoms. The summed E-state index contributed by atoms with van der Waals surface area (Å²) in [5, 5.41) is 23.1. The lowest BCUT2D eigenvalue weighted by Gasteiger charge is -2.12. The number of rotatable bonds is 4. The van der Waals surface area contributed by atoms with Crippen LogP contribution in [0.1, 0.15) is 38.8 Å². The van der Waals surface area contributed by atoms with Gasteiger partial charge in [0.2, 0.25) is 0 Å². The van der Waals surface area contributed by atoms with E-state index < -0.39 is 17.9 Å². The van der Waals surface area contributed by atoms with Gasteiger partial charge in [0.1, 0.15) is 10.8 Å². The fourth-order valence-corrected chi connectivity index (χ4v) is 2.90. The molecule has 110 valence electrons. The Hall–Kier alpha value is -1.68. The number of carboxylic acids is 1. The van der Waals surface area contributed by atoms with Gasteiger partial charge in [0.15, 0.2) is 5.69 Å². The van der Waals surface area contributed by atoms with Gasteiger partial charge in [0, 0.05) is 8.95 Å². The summed E-state index contributed by atoms with van der Waals surface area (Å²) in [7, 11) is 0. The molecule has 2 rings (SSSR count). The number of carbonyl (C=O) groups is 2. The molecule has 6 nitrogen and oxygen atoms in total. The van der Waals surface area contributed by atoms with Gasteiger partial charge in [-0.25, -0.2) is 9.78 Å². The molecule has 1 heterocycles. The number of benzene rings is 1. The number of hydrogen-bond donors (Lipinski definition) is 3. The minimum absolute atomic E-state index is 0.0480. The van der Waals surface area contributed by atoms with Crippen molar-refractivity contribution in [2.24, 2.45) is 0 Å². The van der Waals surface area contributed by atoms with Crippen LogP contribution in [0.2, 0.25) is 0 Å². The van der Waals surface area contributed by atoms with Gasteiger partial charge >= 0.3 is 5.97 Å². The number of aromatic nitrogens is 1. The number of amides is 1. The summed E-state index contributed by atoms with van der Waals surface area (Å²) in [6.07, 6.45) is 0. The predicted molar refractivity (Wildman–Crippen MR) is 85.8 cm³/mol. The van der Waals surface area contributed by atoms with Crippen LogP contribution in [0.5, 0.6) is 5.75 Å². The molecule has 0 saturated heterocycles. The highest BCUT2D eigenvalue weighted by atomic mass is 127. The minimum atomic E-state index is -1.11. The maximum Gasteiger partial charge on any atom is 0.355 e. The molecule has 1 unspecified atom stereocenters. The van der Waals surface area contributed by atoms with E-state index in [4.69, 9.17) is 5.11 Å². The SMILES string of the molecule is CC(NC(=O)c1cc(I)ccc1O)c1nc(C(=O)O)cs1. The number of carbonyl (C=O) groups excluding carboxylic acids is 1. The van der Waals surface area contributed by atoms with Crippen molar-refractivity contribution in [3.63, 3.8) is 0 Å². The highest BCUT2D eigenvalue weighted by Gasteiger charge is 2.18. The molecule has 1 aromatic carbocycles. The highest BCUT2D eigenvalue weighted by Crippen LogP contribution is 2.22. The number of phenolic OH excluding ortho intramolecular Hbond substituents is 1. The minimum Gasteiger partial charge on any atom is -0.507 e. The number of phenols is 1. The van der Waals surface area contributed by atoms with E-state index in [-0.39, 0.29) is 17.0 Å². The molecular formula is C13H11IN2O4S. The van der Waals surface area contributed by atoms with Crippen molar-refractivity contribution in [3.8, 4) is 5.75 Å². The third kappa shape index (κ3) is 3.70. The van der Waals surface area contributed by atoms with Gasteiger partial charge in [-0.05, 0) is 47.7 Å². The van der Waals surface area contributed by atoms with Crippen LogP contribution in [0.15, 0.2) is 23.6 Å². The Morgan fingerprint density at radius 3 is 2.76 bits per heavy atom. The lowest BCUT2D eigenvalue weighted by Crippen LogP contribution is -2.26. The molecule has 0 saturated carbocycles. The molecule has 0 aliphatic carbocycles. The van der Waals surface area contributed by atoms with Gasteiger partial charge in [-0.1, -0.05) is 0 Å². The largest absolute Gasteiger partial charge is 0.507 e. The Morgan fingerprint density at radius 2 is 2.14 bits per heavy atom. The summed E-state index contributed by atoms with van der Waals surface area (Å²) in [4.78, 5) is 26.9. The molecule has 0 fully saturated rings. The van der Waals surface area contributed by atoms with Crippen molar-refractivity contribution in [3.05, 3.63) is 43.4 Å². The van der Waals surface area contributed by atoms with Gasteiger partial charge in [-0.2, -0.15) is 0 Å². The van der Waals surface area contributed by atoms with Gasteiger partial charge in [-0.3, -0.25) is 4.79 Å². The average Bonchev–Trinajstić information content (AvgIpc) is 2.91. The Kier molecular flexibility index (Phi) is 4.78. The molecule has 0 radical (unpaired) electrons. The zero-order chi connectivity index (χ0) is 15.6. The van der Waals surface area contributed by atoms with Crippen LogP contribution in [0.4, 0.5) is 0 Å². The highest BCUT2D eigenvalue weighted by molar-refractivity contribution is 14.1. The number of aromatic carboxylic acids is 1.